The summed E-state index contributed by atoms with van der Waals surface area (Å²) in [6.45, 7) is 7.13. The number of nitrogens with zero attached hydrogens (tertiary/aromatic N) is 2. The summed E-state index contributed by atoms with van der Waals surface area (Å²) in [5.74, 6) is 0.100. The molecule has 0 aromatic carbocycles. The number of amides is 1. The van der Waals surface area contributed by atoms with Gasteiger partial charge in [-0.2, -0.15) is 0 Å². The highest BCUT2D eigenvalue weighted by molar-refractivity contribution is 5.77. The Labute approximate surface area is 97.7 Å². The number of nitrogens with one attached hydrogen (secondary N) is 1. The molecule has 1 atom stereocenters. The molecule has 0 saturated carbocycles. The van der Waals surface area contributed by atoms with Crippen LogP contribution in [-0.2, 0) is 9.53 Å². The van der Waals surface area contributed by atoms with Crippen molar-refractivity contribution >= 4 is 5.91 Å². The Morgan fingerprint density at radius 2 is 2.31 bits per heavy atom. The predicted molar refractivity (Wildman–Crippen MR) is 63.4 cm³/mol. The quantitative estimate of drug-likeness (QED) is 0.683. The molecule has 1 N–H and O–H groups in total. The molecule has 0 aromatic heterocycles. The van der Waals surface area contributed by atoms with Gasteiger partial charge in [-0.15, -0.1) is 0 Å². The fourth-order valence-corrected chi connectivity index (χ4v) is 1.69. The molecule has 1 aliphatic rings. The zero-order chi connectivity index (χ0) is 12.0. The van der Waals surface area contributed by atoms with Crippen LogP contribution in [0, 0.1) is 0 Å². The summed E-state index contributed by atoms with van der Waals surface area (Å²) in [7, 11) is 3.53. The van der Waals surface area contributed by atoms with Gasteiger partial charge in [-0.1, -0.05) is 6.92 Å². The highest BCUT2D eigenvalue weighted by Gasteiger charge is 2.18. The summed E-state index contributed by atoms with van der Waals surface area (Å²) in [5, 5.41) is 3.14. The third-order valence-corrected chi connectivity index (χ3v) is 2.82. The van der Waals surface area contributed by atoms with Crippen LogP contribution >= 0.6 is 0 Å². The van der Waals surface area contributed by atoms with Crippen LogP contribution in [0.4, 0.5) is 0 Å². The summed E-state index contributed by atoms with van der Waals surface area (Å²) >= 11 is 0. The number of carbonyl (C=O) groups excluding carboxylic acids is 1. The van der Waals surface area contributed by atoms with Crippen LogP contribution in [0.15, 0.2) is 0 Å². The van der Waals surface area contributed by atoms with Crippen LogP contribution in [0.25, 0.3) is 0 Å². The number of hydrogen-bond donors (Lipinski definition) is 1. The van der Waals surface area contributed by atoms with E-state index in [2.05, 4.69) is 17.1 Å². The molecule has 0 aliphatic carbocycles. The molecular formula is C11H23N3O2. The number of rotatable bonds is 5. The van der Waals surface area contributed by atoms with Gasteiger partial charge in [0.2, 0.25) is 5.91 Å². The minimum absolute atomic E-state index is 0.100. The molecule has 0 radical (unpaired) electrons. The van der Waals surface area contributed by atoms with Gasteiger partial charge >= 0.3 is 0 Å². The number of ether oxygens (including phenoxy) is 1. The number of hydrogen-bond acceptors (Lipinski definition) is 4. The van der Waals surface area contributed by atoms with Gasteiger partial charge in [0.05, 0.1) is 19.3 Å². The highest BCUT2D eigenvalue weighted by atomic mass is 16.5. The minimum atomic E-state index is 0.100. The zero-order valence-electron chi connectivity index (χ0n) is 10.5. The molecule has 1 saturated heterocycles. The van der Waals surface area contributed by atoms with E-state index < -0.39 is 0 Å². The van der Waals surface area contributed by atoms with E-state index in [1.165, 1.54) is 0 Å². The minimum Gasteiger partial charge on any atom is -0.374 e. The van der Waals surface area contributed by atoms with Crippen molar-refractivity contribution in [1.29, 1.82) is 0 Å². The van der Waals surface area contributed by atoms with Crippen LogP contribution in [-0.4, -0.2) is 75.2 Å². The molecule has 1 heterocycles. The van der Waals surface area contributed by atoms with Gasteiger partial charge < -0.3 is 15.0 Å². The molecule has 5 heteroatoms. The maximum atomic E-state index is 11.3. The van der Waals surface area contributed by atoms with E-state index in [-0.39, 0.29) is 12.0 Å². The van der Waals surface area contributed by atoms with Crippen molar-refractivity contribution in [3.8, 4) is 0 Å². The first kappa shape index (κ1) is 13.4. The van der Waals surface area contributed by atoms with Gasteiger partial charge in [-0.3, -0.25) is 9.69 Å². The molecule has 0 bridgehead atoms. The van der Waals surface area contributed by atoms with Gasteiger partial charge in [0.25, 0.3) is 0 Å². The van der Waals surface area contributed by atoms with E-state index in [4.69, 9.17) is 4.74 Å². The summed E-state index contributed by atoms with van der Waals surface area (Å²) in [6.07, 6.45) is 0.212. The maximum Gasteiger partial charge on any atom is 0.236 e. The Morgan fingerprint density at radius 3 is 2.94 bits per heavy atom. The van der Waals surface area contributed by atoms with Crippen molar-refractivity contribution in [2.45, 2.75) is 13.0 Å². The SMILES string of the molecule is CCN1CCOC(CNCC(=O)N(C)C)C1. The van der Waals surface area contributed by atoms with E-state index in [0.29, 0.717) is 6.54 Å². The fourth-order valence-electron chi connectivity index (χ4n) is 1.69. The molecule has 5 nitrogen and oxygen atoms in total. The molecule has 1 amide bonds. The van der Waals surface area contributed by atoms with Gasteiger partial charge in [-0.05, 0) is 6.54 Å². The third-order valence-electron chi connectivity index (χ3n) is 2.82. The van der Waals surface area contributed by atoms with Gasteiger partial charge in [0.1, 0.15) is 0 Å². The van der Waals surface area contributed by atoms with Gasteiger partial charge in [-0.25, -0.2) is 0 Å². The standard InChI is InChI=1S/C11H23N3O2/c1-4-14-5-6-16-10(9-14)7-12-8-11(15)13(2)3/h10,12H,4-9H2,1-3H3. The lowest BCUT2D eigenvalue weighted by molar-refractivity contribution is -0.127. The van der Waals surface area contributed by atoms with Crippen molar-refractivity contribution in [1.82, 2.24) is 15.1 Å². The van der Waals surface area contributed by atoms with Crippen molar-refractivity contribution in [3.05, 3.63) is 0 Å². The van der Waals surface area contributed by atoms with Gasteiger partial charge in [0.15, 0.2) is 0 Å². The first-order valence-corrected chi connectivity index (χ1v) is 5.88. The Bertz CT molecular complexity index is 221. The lowest BCUT2D eigenvalue weighted by Gasteiger charge is -2.32. The molecule has 1 fully saturated rings. The van der Waals surface area contributed by atoms with E-state index in [1.54, 1.807) is 19.0 Å². The third kappa shape index (κ3) is 4.47. The topological polar surface area (TPSA) is 44.8 Å². The molecule has 1 unspecified atom stereocenters. The number of carbonyl (C=O) groups is 1. The molecular weight excluding hydrogens is 206 g/mol. The van der Waals surface area contributed by atoms with Crippen LogP contribution in [0.5, 0.6) is 0 Å². The molecule has 16 heavy (non-hydrogen) atoms. The van der Waals surface area contributed by atoms with E-state index in [9.17, 15) is 4.79 Å². The Kier molecular flexibility index (Phi) is 5.73. The largest absolute Gasteiger partial charge is 0.374 e. The summed E-state index contributed by atoms with van der Waals surface area (Å²) < 4.78 is 5.62. The molecule has 1 rings (SSSR count). The van der Waals surface area contributed by atoms with Crippen LogP contribution in [0.3, 0.4) is 0 Å². The maximum absolute atomic E-state index is 11.3. The van der Waals surface area contributed by atoms with E-state index >= 15 is 0 Å². The first-order valence-electron chi connectivity index (χ1n) is 5.88. The second-order valence-electron chi connectivity index (χ2n) is 4.31. The van der Waals surface area contributed by atoms with Crippen molar-refractivity contribution in [2.24, 2.45) is 0 Å². The average molecular weight is 229 g/mol. The molecule has 1 aliphatic heterocycles. The normalized spacial score (nSPS) is 22.1. The predicted octanol–water partition coefficient (Wildman–Crippen LogP) is -0.615. The average Bonchev–Trinajstić information content (AvgIpc) is 2.29. The van der Waals surface area contributed by atoms with Crippen LogP contribution < -0.4 is 5.32 Å². The summed E-state index contributed by atoms with van der Waals surface area (Å²) in [5.41, 5.74) is 0. The molecule has 94 valence electrons. The van der Waals surface area contributed by atoms with Crippen molar-refractivity contribution < 1.29 is 9.53 Å². The lowest BCUT2D eigenvalue weighted by Crippen LogP contribution is -2.47. The summed E-state index contributed by atoms with van der Waals surface area (Å²) in [4.78, 5) is 15.3. The fraction of sp³-hybridized carbons (Fsp3) is 0.909. The van der Waals surface area contributed by atoms with Crippen molar-refractivity contribution in [2.75, 3.05) is 53.4 Å². The van der Waals surface area contributed by atoms with Crippen LogP contribution in [0.2, 0.25) is 0 Å². The smallest absolute Gasteiger partial charge is 0.236 e. The highest BCUT2D eigenvalue weighted by Crippen LogP contribution is 2.03. The number of morpholine rings is 1. The van der Waals surface area contributed by atoms with Gasteiger partial charge in [0, 0.05) is 33.7 Å². The van der Waals surface area contributed by atoms with E-state index in [0.717, 1.165) is 32.8 Å². The second-order valence-corrected chi connectivity index (χ2v) is 4.31. The lowest BCUT2D eigenvalue weighted by atomic mass is 10.2. The monoisotopic (exact) mass is 229 g/mol. The Balaban J connectivity index is 2.15. The number of likely N-dealkylation sites (N-methyl/N-ethyl adjacent to an activating group) is 2. The second kappa shape index (κ2) is 6.83. The van der Waals surface area contributed by atoms with Crippen molar-refractivity contribution in [3.63, 3.8) is 0 Å². The van der Waals surface area contributed by atoms with E-state index in [1.807, 2.05) is 0 Å². The Morgan fingerprint density at radius 1 is 1.56 bits per heavy atom. The molecule has 0 spiro atoms. The first-order chi connectivity index (χ1) is 7.63. The zero-order valence-corrected chi connectivity index (χ0v) is 10.5. The van der Waals surface area contributed by atoms with Crippen LogP contribution in [0.1, 0.15) is 6.92 Å². The Hall–Kier alpha value is -0.650. The summed E-state index contributed by atoms with van der Waals surface area (Å²) in [6, 6.07) is 0. The molecule has 0 aromatic rings.